The van der Waals surface area contributed by atoms with Gasteiger partial charge in [-0.1, -0.05) is 24.3 Å². The lowest BCUT2D eigenvalue weighted by atomic mass is 10.1. The molecule has 134 valence electrons. The van der Waals surface area contributed by atoms with Crippen molar-refractivity contribution in [2.24, 2.45) is 0 Å². The van der Waals surface area contributed by atoms with Crippen LogP contribution in [0.4, 0.5) is 4.39 Å². The SMILES string of the molecule is CCOC(=O)c1sc2cccc(F)c2c1COC(=O)c1ccccc1C. The van der Waals surface area contributed by atoms with Crippen molar-refractivity contribution in [3.05, 3.63) is 69.8 Å². The van der Waals surface area contributed by atoms with E-state index in [2.05, 4.69) is 0 Å². The Morgan fingerprint density at radius 1 is 1.04 bits per heavy atom. The third-order valence-electron chi connectivity index (χ3n) is 3.94. The van der Waals surface area contributed by atoms with Crippen molar-refractivity contribution in [3.63, 3.8) is 0 Å². The van der Waals surface area contributed by atoms with Crippen molar-refractivity contribution >= 4 is 33.4 Å². The number of hydrogen-bond acceptors (Lipinski definition) is 5. The van der Waals surface area contributed by atoms with Crippen molar-refractivity contribution in [2.45, 2.75) is 20.5 Å². The van der Waals surface area contributed by atoms with Gasteiger partial charge in [-0.15, -0.1) is 11.3 Å². The molecule has 2 aromatic carbocycles. The Kier molecular flexibility index (Phi) is 5.32. The average molecular weight is 372 g/mol. The molecule has 3 aromatic rings. The molecule has 0 aliphatic rings. The van der Waals surface area contributed by atoms with E-state index in [4.69, 9.17) is 9.47 Å². The minimum atomic E-state index is -0.546. The molecule has 26 heavy (non-hydrogen) atoms. The number of halogens is 1. The maximum atomic E-state index is 14.3. The van der Waals surface area contributed by atoms with Gasteiger partial charge in [0.2, 0.25) is 0 Å². The molecular weight excluding hydrogens is 355 g/mol. The largest absolute Gasteiger partial charge is 0.462 e. The molecule has 4 nitrogen and oxygen atoms in total. The fraction of sp³-hybridized carbons (Fsp3) is 0.200. The number of esters is 2. The van der Waals surface area contributed by atoms with Crippen LogP contribution in [0, 0.1) is 12.7 Å². The number of carbonyl (C=O) groups excluding carboxylic acids is 2. The highest BCUT2D eigenvalue weighted by Crippen LogP contribution is 2.34. The molecule has 0 spiro atoms. The highest BCUT2D eigenvalue weighted by atomic mass is 32.1. The van der Waals surface area contributed by atoms with E-state index in [1.54, 1.807) is 44.2 Å². The van der Waals surface area contributed by atoms with Crippen LogP contribution in [0.15, 0.2) is 42.5 Å². The highest BCUT2D eigenvalue weighted by molar-refractivity contribution is 7.21. The van der Waals surface area contributed by atoms with E-state index in [9.17, 15) is 14.0 Å². The molecular formula is C20H17FO4S. The number of fused-ring (bicyclic) bond motifs is 1. The van der Waals surface area contributed by atoms with Crippen molar-refractivity contribution in [2.75, 3.05) is 6.61 Å². The van der Waals surface area contributed by atoms with E-state index in [1.165, 1.54) is 6.07 Å². The predicted octanol–water partition coefficient (Wildman–Crippen LogP) is 4.88. The molecule has 0 saturated heterocycles. The Balaban J connectivity index is 1.95. The molecule has 0 aliphatic heterocycles. The van der Waals surface area contributed by atoms with Crippen molar-refractivity contribution < 1.29 is 23.5 Å². The number of rotatable bonds is 5. The zero-order valence-electron chi connectivity index (χ0n) is 14.4. The Hall–Kier alpha value is -2.73. The summed E-state index contributed by atoms with van der Waals surface area (Å²) in [7, 11) is 0. The lowest BCUT2D eigenvalue weighted by Crippen LogP contribution is -2.10. The molecule has 1 heterocycles. The van der Waals surface area contributed by atoms with Crippen LogP contribution >= 0.6 is 11.3 Å². The van der Waals surface area contributed by atoms with Crippen LogP contribution in [-0.2, 0) is 16.1 Å². The number of hydrogen-bond donors (Lipinski definition) is 0. The molecule has 3 rings (SSSR count). The summed E-state index contributed by atoms with van der Waals surface area (Å²) in [5.41, 5.74) is 1.55. The first-order chi connectivity index (χ1) is 12.5. The number of benzene rings is 2. The maximum absolute atomic E-state index is 14.3. The fourth-order valence-corrected chi connectivity index (χ4v) is 3.80. The van der Waals surface area contributed by atoms with Crippen LogP contribution in [0.25, 0.3) is 10.1 Å². The van der Waals surface area contributed by atoms with Gasteiger partial charge in [-0.25, -0.2) is 14.0 Å². The summed E-state index contributed by atoms with van der Waals surface area (Å²) < 4.78 is 25.4. The van der Waals surface area contributed by atoms with Gasteiger partial charge in [-0.05, 0) is 37.6 Å². The van der Waals surface area contributed by atoms with E-state index in [1.807, 2.05) is 6.07 Å². The maximum Gasteiger partial charge on any atom is 0.348 e. The van der Waals surface area contributed by atoms with Crippen LogP contribution in [0.2, 0.25) is 0 Å². The molecule has 6 heteroatoms. The lowest BCUT2D eigenvalue weighted by molar-refractivity contribution is 0.0453. The zero-order chi connectivity index (χ0) is 18.7. The first-order valence-electron chi connectivity index (χ1n) is 8.12. The Morgan fingerprint density at radius 2 is 1.81 bits per heavy atom. The summed E-state index contributed by atoms with van der Waals surface area (Å²) in [5.74, 6) is -1.53. The van der Waals surface area contributed by atoms with Gasteiger partial charge in [0.05, 0.1) is 12.2 Å². The average Bonchev–Trinajstić information content (AvgIpc) is 3.00. The van der Waals surface area contributed by atoms with Crippen molar-refractivity contribution in [1.29, 1.82) is 0 Å². The van der Waals surface area contributed by atoms with E-state index in [0.717, 1.165) is 16.9 Å². The monoisotopic (exact) mass is 372 g/mol. The summed E-state index contributed by atoms with van der Waals surface area (Å²) >= 11 is 1.13. The minimum Gasteiger partial charge on any atom is -0.462 e. The lowest BCUT2D eigenvalue weighted by Gasteiger charge is -2.08. The molecule has 0 saturated carbocycles. The predicted molar refractivity (Wildman–Crippen MR) is 98.0 cm³/mol. The van der Waals surface area contributed by atoms with Gasteiger partial charge in [0.1, 0.15) is 17.3 Å². The first kappa shape index (κ1) is 18.1. The number of ether oxygens (including phenoxy) is 2. The number of aryl methyl sites for hydroxylation is 1. The second-order valence-electron chi connectivity index (χ2n) is 5.63. The molecule has 0 N–H and O–H groups in total. The molecule has 0 fully saturated rings. The quantitative estimate of drug-likeness (QED) is 0.599. The first-order valence-corrected chi connectivity index (χ1v) is 8.94. The topological polar surface area (TPSA) is 52.6 Å². The van der Waals surface area contributed by atoms with Gasteiger partial charge in [0.15, 0.2) is 0 Å². The van der Waals surface area contributed by atoms with Crippen molar-refractivity contribution in [3.8, 4) is 0 Å². The van der Waals surface area contributed by atoms with Gasteiger partial charge in [0.25, 0.3) is 0 Å². The van der Waals surface area contributed by atoms with Crippen LogP contribution in [0.3, 0.4) is 0 Å². The van der Waals surface area contributed by atoms with Gasteiger partial charge >= 0.3 is 11.9 Å². The van der Waals surface area contributed by atoms with Crippen LogP contribution in [0.5, 0.6) is 0 Å². The third kappa shape index (κ3) is 3.46. The van der Waals surface area contributed by atoms with E-state index in [-0.39, 0.29) is 23.5 Å². The van der Waals surface area contributed by atoms with Gasteiger partial charge in [-0.3, -0.25) is 0 Å². The van der Waals surface area contributed by atoms with Crippen LogP contribution in [0.1, 0.15) is 38.1 Å². The summed E-state index contributed by atoms with van der Waals surface area (Å²) in [6.45, 7) is 3.50. The summed E-state index contributed by atoms with van der Waals surface area (Å²) in [6.07, 6.45) is 0. The Morgan fingerprint density at radius 3 is 2.54 bits per heavy atom. The normalized spacial score (nSPS) is 10.7. The molecule has 0 bridgehead atoms. The fourth-order valence-electron chi connectivity index (χ4n) is 2.68. The van der Waals surface area contributed by atoms with Gasteiger partial charge < -0.3 is 9.47 Å². The summed E-state index contributed by atoms with van der Waals surface area (Å²) in [5, 5.41) is 0.290. The standard InChI is InChI=1S/C20H17FO4S/c1-3-24-20(23)18-14(17-15(21)9-6-10-16(17)26-18)11-25-19(22)13-8-5-4-7-12(13)2/h4-10H,3,11H2,1-2H3. The van der Waals surface area contributed by atoms with Crippen LogP contribution < -0.4 is 0 Å². The number of carbonyl (C=O) groups is 2. The van der Waals surface area contributed by atoms with E-state index in [0.29, 0.717) is 15.8 Å². The second-order valence-corrected chi connectivity index (χ2v) is 6.69. The third-order valence-corrected chi connectivity index (χ3v) is 5.11. The van der Waals surface area contributed by atoms with E-state index >= 15 is 0 Å². The zero-order valence-corrected chi connectivity index (χ0v) is 15.2. The number of thiophene rings is 1. The van der Waals surface area contributed by atoms with Gasteiger partial charge in [0, 0.05) is 15.6 Å². The van der Waals surface area contributed by atoms with Crippen molar-refractivity contribution in [1.82, 2.24) is 0 Å². The van der Waals surface area contributed by atoms with Crippen LogP contribution in [-0.4, -0.2) is 18.5 Å². The van der Waals surface area contributed by atoms with E-state index < -0.39 is 17.8 Å². The molecule has 0 amide bonds. The molecule has 0 unspecified atom stereocenters. The Labute approximate surface area is 154 Å². The van der Waals surface area contributed by atoms with Gasteiger partial charge in [-0.2, -0.15) is 0 Å². The molecule has 0 atom stereocenters. The second kappa shape index (κ2) is 7.66. The minimum absolute atomic E-state index is 0.206. The molecule has 0 radical (unpaired) electrons. The molecule has 0 aliphatic carbocycles. The smallest absolute Gasteiger partial charge is 0.348 e. The summed E-state index contributed by atoms with van der Waals surface area (Å²) in [6, 6.07) is 11.7. The summed E-state index contributed by atoms with van der Waals surface area (Å²) in [4.78, 5) is 24.9. The Bertz CT molecular complexity index is 977. The highest BCUT2D eigenvalue weighted by Gasteiger charge is 2.23. The molecule has 1 aromatic heterocycles.